The lowest BCUT2D eigenvalue weighted by Crippen LogP contribution is -2.50. The predicted molar refractivity (Wildman–Crippen MR) is 130 cm³/mol. The fourth-order valence-corrected chi connectivity index (χ4v) is 7.22. The van der Waals surface area contributed by atoms with Crippen molar-refractivity contribution in [3.05, 3.63) is 54.1 Å². The topological polar surface area (TPSA) is 154 Å². The number of carbonyl (C=O) groups is 1. The van der Waals surface area contributed by atoms with Crippen molar-refractivity contribution in [1.29, 1.82) is 5.41 Å². The van der Waals surface area contributed by atoms with E-state index in [2.05, 4.69) is 0 Å². The number of nitrogens with two attached hydrogens (primary N) is 1. The summed E-state index contributed by atoms with van der Waals surface area (Å²) in [6.45, 7) is 2.01. The van der Waals surface area contributed by atoms with Crippen LogP contribution in [0.5, 0.6) is 0 Å². The lowest BCUT2D eigenvalue weighted by atomic mass is 10.2. The third kappa shape index (κ3) is 5.32. The number of nitrogens with one attached hydrogen (secondary N) is 1. The predicted octanol–water partition coefficient (Wildman–Crippen LogP) is 0.706. The van der Waals surface area contributed by atoms with E-state index in [0.29, 0.717) is 37.4 Å². The first-order valence-corrected chi connectivity index (χ1v) is 14.2. The third-order valence-corrected chi connectivity index (χ3v) is 9.26. The number of amidine groups is 1. The van der Waals surface area contributed by atoms with E-state index in [1.807, 2.05) is 4.90 Å². The summed E-state index contributed by atoms with van der Waals surface area (Å²) in [5.74, 6) is -0.0561. The van der Waals surface area contributed by atoms with Gasteiger partial charge in [-0.2, -0.15) is 4.31 Å². The van der Waals surface area contributed by atoms with Gasteiger partial charge in [0.2, 0.25) is 10.0 Å². The summed E-state index contributed by atoms with van der Waals surface area (Å²) in [6.07, 6.45) is 0.136. The Bertz CT molecular complexity index is 1340. The van der Waals surface area contributed by atoms with E-state index in [-0.39, 0.29) is 34.8 Å². The number of rotatable bonds is 7. The number of benzene rings is 2. The van der Waals surface area contributed by atoms with Gasteiger partial charge in [0.15, 0.2) is 9.84 Å². The number of ether oxygens (including phenoxy) is 1. The van der Waals surface area contributed by atoms with Crippen LogP contribution in [0.2, 0.25) is 0 Å². The maximum atomic E-state index is 13.2. The molecule has 3 N–H and O–H groups in total. The molecule has 2 saturated heterocycles. The molecule has 0 bridgehead atoms. The molecule has 35 heavy (non-hydrogen) atoms. The van der Waals surface area contributed by atoms with E-state index in [0.717, 1.165) is 6.26 Å². The minimum Gasteiger partial charge on any atom is -0.443 e. The Hall–Kier alpha value is -3.00. The monoisotopic (exact) mass is 521 g/mol. The van der Waals surface area contributed by atoms with Crippen molar-refractivity contribution in [3.63, 3.8) is 0 Å². The number of carbonyl (C=O) groups excluding carboxylic acids is 1. The van der Waals surface area contributed by atoms with Gasteiger partial charge in [-0.1, -0.05) is 12.1 Å². The molecule has 188 valence electrons. The highest BCUT2D eigenvalue weighted by Crippen LogP contribution is 2.26. The number of amides is 1. The van der Waals surface area contributed by atoms with Crippen LogP contribution in [0.1, 0.15) is 5.56 Å². The molecule has 0 spiro atoms. The SMILES string of the molecule is CS(=O)(=O)c1ccccc1S(=O)(=O)N1CCN(CC2CN(c3ccc(C(=N)N)cc3)C(=O)O2)CC1. The quantitative estimate of drug-likeness (QED) is 0.399. The zero-order chi connectivity index (χ0) is 25.4. The van der Waals surface area contributed by atoms with Crippen molar-refractivity contribution < 1.29 is 26.4 Å². The summed E-state index contributed by atoms with van der Waals surface area (Å²) in [5.41, 5.74) is 6.67. The van der Waals surface area contributed by atoms with E-state index in [1.165, 1.54) is 33.5 Å². The van der Waals surface area contributed by atoms with E-state index >= 15 is 0 Å². The second-order valence-corrected chi connectivity index (χ2v) is 12.4. The van der Waals surface area contributed by atoms with E-state index < -0.39 is 26.0 Å². The first kappa shape index (κ1) is 25.1. The number of nitrogen functional groups attached to an aromatic ring is 1. The fraction of sp³-hybridized carbons (Fsp3) is 0.364. The lowest BCUT2D eigenvalue weighted by Gasteiger charge is -2.34. The molecule has 0 saturated carbocycles. The highest BCUT2D eigenvalue weighted by molar-refractivity contribution is 7.93. The summed E-state index contributed by atoms with van der Waals surface area (Å²) in [7, 11) is -7.69. The fourth-order valence-electron chi connectivity index (χ4n) is 4.20. The van der Waals surface area contributed by atoms with Crippen LogP contribution in [0, 0.1) is 5.41 Å². The van der Waals surface area contributed by atoms with Crippen molar-refractivity contribution in [2.75, 3.05) is 50.4 Å². The minimum atomic E-state index is -3.98. The Morgan fingerprint density at radius 2 is 1.60 bits per heavy atom. The Labute approximate surface area is 204 Å². The molecular weight excluding hydrogens is 494 g/mol. The van der Waals surface area contributed by atoms with Gasteiger partial charge in [0, 0.05) is 50.2 Å². The molecule has 1 atom stereocenters. The highest BCUT2D eigenvalue weighted by Gasteiger charge is 2.36. The average Bonchev–Trinajstić information content (AvgIpc) is 3.18. The van der Waals surface area contributed by atoms with Crippen LogP contribution >= 0.6 is 0 Å². The van der Waals surface area contributed by atoms with Crippen LogP contribution in [0.4, 0.5) is 10.5 Å². The number of cyclic esters (lactones) is 1. The van der Waals surface area contributed by atoms with Crippen molar-refractivity contribution in [2.45, 2.75) is 15.9 Å². The van der Waals surface area contributed by atoms with Gasteiger partial charge in [-0.15, -0.1) is 0 Å². The molecule has 1 amide bonds. The molecule has 2 aliphatic heterocycles. The number of hydrogen-bond acceptors (Lipinski definition) is 8. The van der Waals surface area contributed by atoms with Crippen LogP contribution < -0.4 is 10.6 Å². The van der Waals surface area contributed by atoms with E-state index in [1.54, 1.807) is 24.3 Å². The van der Waals surface area contributed by atoms with Crippen molar-refractivity contribution >= 4 is 37.5 Å². The van der Waals surface area contributed by atoms with Gasteiger partial charge in [0.25, 0.3) is 0 Å². The van der Waals surface area contributed by atoms with Gasteiger partial charge in [0.05, 0.1) is 11.4 Å². The summed E-state index contributed by atoms with van der Waals surface area (Å²) in [6, 6.07) is 12.4. The zero-order valence-corrected chi connectivity index (χ0v) is 20.8. The number of nitrogens with zero attached hydrogens (tertiary/aromatic N) is 3. The summed E-state index contributed by atoms with van der Waals surface area (Å²) >= 11 is 0. The first-order chi connectivity index (χ1) is 16.5. The largest absolute Gasteiger partial charge is 0.443 e. The Balaban J connectivity index is 1.37. The zero-order valence-electron chi connectivity index (χ0n) is 19.1. The number of anilines is 1. The number of sulfonamides is 1. The summed E-state index contributed by atoms with van der Waals surface area (Å²) in [5, 5.41) is 7.47. The lowest BCUT2D eigenvalue weighted by molar-refractivity contribution is 0.0937. The van der Waals surface area contributed by atoms with Crippen LogP contribution in [-0.2, 0) is 24.6 Å². The molecule has 2 aromatic carbocycles. The van der Waals surface area contributed by atoms with Crippen LogP contribution in [0.15, 0.2) is 58.3 Å². The van der Waals surface area contributed by atoms with Crippen LogP contribution in [0.3, 0.4) is 0 Å². The molecule has 4 rings (SSSR count). The van der Waals surface area contributed by atoms with Crippen molar-refractivity contribution in [2.24, 2.45) is 5.73 Å². The second-order valence-electron chi connectivity index (χ2n) is 8.50. The van der Waals surface area contributed by atoms with Crippen LogP contribution in [-0.4, -0.2) is 89.6 Å². The molecule has 1 unspecified atom stereocenters. The Morgan fingerprint density at radius 1 is 1.00 bits per heavy atom. The highest BCUT2D eigenvalue weighted by atomic mass is 32.2. The Kier molecular flexibility index (Phi) is 6.86. The number of hydrogen-bond donors (Lipinski definition) is 2. The van der Waals surface area contributed by atoms with Crippen molar-refractivity contribution in [3.8, 4) is 0 Å². The normalized spacial score (nSPS) is 20.1. The molecule has 0 radical (unpaired) electrons. The van der Waals surface area contributed by atoms with Crippen LogP contribution in [0.25, 0.3) is 0 Å². The smallest absolute Gasteiger partial charge is 0.414 e. The van der Waals surface area contributed by atoms with Gasteiger partial charge in [-0.25, -0.2) is 21.6 Å². The molecule has 2 heterocycles. The van der Waals surface area contributed by atoms with Gasteiger partial charge in [0.1, 0.15) is 16.8 Å². The Morgan fingerprint density at radius 3 is 2.17 bits per heavy atom. The molecular formula is C22H27N5O6S2. The molecule has 2 aliphatic rings. The molecule has 2 aromatic rings. The van der Waals surface area contributed by atoms with Gasteiger partial charge in [-0.05, 0) is 36.4 Å². The molecule has 13 heteroatoms. The molecule has 11 nitrogen and oxygen atoms in total. The molecule has 2 fully saturated rings. The van der Waals surface area contributed by atoms with E-state index in [9.17, 15) is 21.6 Å². The number of piperazine rings is 1. The first-order valence-electron chi connectivity index (χ1n) is 10.9. The standard InChI is InChI=1S/C22H27N5O6S2/c1-34(29,30)19-4-2-3-5-20(19)35(31,32)26-12-10-25(11-13-26)14-18-15-27(22(28)33-18)17-8-6-16(7-9-17)21(23)24/h2-9,18H,10-15H2,1H3,(H3,23,24). The van der Waals surface area contributed by atoms with Crippen molar-refractivity contribution in [1.82, 2.24) is 9.21 Å². The summed E-state index contributed by atoms with van der Waals surface area (Å²) < 4.78 is 57.3. The van der Waals surface area contributed by atoms with Gasteiger partial charge < -0.3 is 10.5 Å². The van der Waals surface area contributed by atoms with Gasteiger partial charge >= 0.3 is 6.09 Å². The minimum absolute atomic E-state index is 0.0561. The van der Waals surface area contributed by atoms with Gasteiger partial charge in [-0.3, -0.25) is 15.2 Å². The molecule has 0 aliphatic carbocycles. The average molecular weight is 522 g/mol. The van der Waals surface area contributed by atoms with E-state index in [4.69, 9.17) is 15.9 Å². The summed E-state index contributed by atoms with van der Waals surface area (Å²) in [4.78, 5) is 15.5. The molecule has 0 aromatic heterocycles. The maximum absolute atomic E-state index is 13.2. The number of sulfone groups is 1. The second kappa shape index (κ2) is 9.57. The maximum Gasteiger partial charge on any atom is 0.414 e. The third-order valence-electron chi connectivity index (χ3n) is 6.02.